The van der Waals surface area contributed by atoms with Gasteiger partial charge in [-0.2, -0.15) is 13.2 Å². The number of carbonyl (C=O) groups is 1. The average Bonchev–Trinajstić information content (AvgIpc) is 3.47. The van der Waals surface area contributed by atoms with Crippen molar-refractivity contribution in [3.8, 4) is 5.75 Å². The minimum absolute atomic E-state index is 0.0138. The maximum Gasteiger partial charge on any atom is 0.416 e. The number of hydrogen-bond acceptors (Lipinski definition) is 3. The van der Waals surface area contributed by atoms with E-state index in [-0.39, 0.29) is 29.3 Å². The second-order valence-electron chi connectivity index (χ2n) is 9.07. The van der Waals surface area contributed by atoms with Gasteiger partial charge in [-0.05, 0) is 73.5 Å². The molecule has 1 saturated heterocycles. The Hall–Kier alpha value is -2.54. The van der Waals surface area contributed by atoms with E-state index in [2.05, 4.69) is 22.3 Å². The molecule has 1 N–H and O–H groups in total. The van der Waals surface area contributed by atoms with Crippen molar-refractivity contribution in [2.24, 2.45) is 11.3 Å². The molecule has 4 nitrogen and oxygen atoms in total. The summed E-state index contributed by atoms with van der Waals surface area (Å²) in [5, 5.41) is 2.75. The topological polar surface area (TPSA) is 41.6 Å². The predicted octanol–water partition coefficient (Wildman–Crippen LogP) is 4.94. The summed E-state index contributed by atoms with van der Waals surface area (Å²) in [5.74, 6) is 0.670. The highest BCUT2D eigenvalue weighted by Crippen LogP contribution is 2.59. The monoisotopic (exact) mass is 446 g/mol. The Kier molecular flexibility index (Phi) is 6.21. The molecule has 0 radical (unpaired) electrons. The van der Waals surface area contributed by atoms with Gasteiger partial charge in [0.15, 0.2) is 0 Å². The highest BCUT2D eigenvalue weighted by atomic mass is 19.4. The zero-order chi connectivity index (χ0) is 22.9. The smallest absolute Gasteiger partial charge is 0.416 e. The van der Waals surface area contributed by atoms with Crippen molar-refractivity contribution in [3.63, 3.8) is 0 Å². The van der Waals surface area contributed by atoms with Gasteiger partial charge >= 0.3 is 6.18 Å². The van der Waals surface area contributed by atoms with E-state index in [4.69, 9.17) is 4.74 Å². The minimum atomic E-state index is -4.42. The van der Waals surface area contributed by atoms with E-state index in [0.717, 1.165) is 56.3 Å². The van der Waals surface area contributed by atoms with Crippen LogP contribution in [0.2, 0.25) is 0 Å². The lowest BCUT2D eigenvalue weighted by atomic mass is 9.90. The van der Waals surface area contributed by atoms with Gasteiger partial charge < -0.3 is 10.1 Å². The van der Waals surface area contributed by atoms with Gasteiger partial charge in [0.05, 0.1) is 12.7 Å². The summed E-state index contributed by atoms with van der Waals surface area (Å²) in [5.41, 5.74) is 1.79. The van der Waals surface area contributed by atoms with Crippen molar-refractivity contribution in [2.45, 2.75) is 45.5 Å². The third-order valence-electron chi connectivity index (χ3n) is 7.00. The number of benzene rings is 2. The lowest BCUT2D eigenvalue weighted by molar-refractivity contribution is -0.138. The van der Waals surface area contributed by atoms with Crippen LogP contribution in [-0.4, -0.2) is 31.0 Å². The minimum Gasteiger partial charge on any atom is -0.496 e. The largest absolute Gasteiger partial charge is 0.496 e. The van der Waals surface area contributed by atoms with Gasteiger partial charge in [-0.1, -0.05) is 30.3 Å². The molecule has 1 saturated carbocycles. The van der Waals surface area contributed by atoms with Gasteiger partial charge in [0, 0.05) is 19.0 Å². The first kappa shape index (κ1) is 22.6. The van der Waals surface area contributed by atoms with Gasteiger partial charge in [0.1, 0.15) is 5.75 Å². The van der Waals surface area contributed by atoms with Gasteiger partial charge in [-0.3, -0.25) is 9.69 Å². The van der Waals surface area contributed by atoms with Gasteiger partial charge in [-0.25, -0.2) is 0 Å². The normalized spacial score (nSPS) is 20.2. The molecule has 1 amide bonds. The summed E-state index contributed by atoms with van der Waals surface area (Å²) in [6.07, 6.45) is -1.70. The second kappa shape index (κ2) is 8.77. The van der Waals surface area contributed by atoms with Crippen molar-refractivity contribution < 1.29 is 22.7 Å². The molecule has 2 aliphatic rings. The third-order valence-corrected chi connectivity index (χ3v) is 7.00. The first-order chi connectivity index (χ1) is 15.2. The fourth-order valence-electron chi connectivity index (χ4n) is 4.98. The highest BCUT2D eigenvalue weighted by molar-refractivity contribution is 5.82. The number of aryl methyl sites for hydroxylation is 1. The Balaban J connectivity index is 1.28. The fourth-order valence-corrected chi connectivity index (χ4v) is 4.98. The number of likely N-dealkylation sites (tertiary alicyclic amines) is 1. The van der Waals surface area contributed by atoms with Crippen molar-refractivity contribution in [3.05, 3.63) is 64.7 Å². The van der Waals surface area contributed by atoms with E-state index in [1.165, 1.54) is 17.7 Å². The number of carbonyl (C=O) groups excluding carboxylic acids is 1. The summed E-state index contributed by atoms with van der Waals surface area (Å²) >= 11 is 0. The summed E-state index contributed by atoms with van der Waals surface area (Å²) in [6, 6.07) is 11.6. The number of halogens is 3. The van der Waals surface area contributed by atoms with Gasteiger partial charge in [-0.15, -0.1) is 0 Å². The van der Waals surface area contributed by atoms with Crippen LogP contribution in [0.25, 0.3) is 0 Å². The summed E-state index contributed by atoms with van der Waals surface area (Å²) in [4.78, 5) is 15.1. The fraction of sp³-hybridized carbons (Fsp3) is 0.480. The number of amides is 1. The molecule has 1 spiro atoms. The first-order valence-electron chi connectivity index (χ1n) is 11.0. The van der Waals surface area contributed by atoms with Crippen molar-refractivity contribution in [1.82, 2.24) is 10.2 Å². The van der Waals surface area contributed by atoms with Crippen LogP contribution in [0.15, 0.2) is 42.5 Å². The summed E-state index contributed by atoms with van der Waals surface area (Å²) in [6.45, 7) is 4.65. The maximum absolute atomic E-state index is 13.2. The Morgan fingerprint density at radius 3 is 2.56 bits per heavy atom. The van der Waals surface area contributed by atoms with E-state index < -0.39 is 11.7 Å². The third kappa shape index (κ3) is 4.77. The molecular formula is C25H29F3N2O2. The number of hydrogen-bond donors (Lipinski definition) is 1. The Labute approximate surface area is 186 Å². The lowest BCUT2D eigenvalue weighted by Gasteiger charge is -2.33. The molecule has 1 heterocycles. The average molecular weight is 447 g/mol. The molecule has 1 aliphatic carbocycles. The van der Waals surface area contributed by atoms with Gasteiger partial charge in [0.2, 0.25) is 5.91 Å². The zero-order valence-electron chi connectivity index (χ0n) is 18.5. The second-order valence-corrected chi connectivity index (χ2v) is 9.07. The number of ether oxygens (including phenoxy) is 1. The molecule has 1 unspecified atom stereocenters. The summed E-state index contributed by atoms with van der Waals surface area (Å²) < 4.78 is 44.8. The Bertz CT molecular complexity index is 981. The standard InChI is InChI=1S/C25H29F3N2O2/c1-17-13-18(7-8-22(17)32-2)16-30-11-9-24(10-12-30)14-21(24)23(31)29-15-19-5-3-4-6-20(19)25(26,27)28/h3-8,13,21H,9-12,14-16H2,1-2H3,(H,29,31). The van der Waals surface area contributed by atoms with Crippen LogP contribution in [-0.2, 0) is 24.1 Å². The molecule has 4 rings (SSSR count). The molecule has 7 heteroatoms. The Morgan fingerprint density at radius 2 is 1.91 bits per heavy atom. The molecule has 2 fully saturated rings. The number of methoxy groups -OCH3 is 1. The van der Waals surface area contributed by atoms with Crippen LogP contribution in [0.3, 0.4) is 0 Å². The van der Waals surface area contributed by atoms with Crippen LogP contribution in [0, 0.1) is 18.3 Å². The van der Waals surface area contributed by atoms with Crippen molar-refractivity contribution in [1.29, 1.82) is 0 Å². The zero-order valence-corrected chi connectivity index (χ0v) is 18.5. The van der Waals surface area contributed by atoms with E-state index in [1.807, 2.05) is 13.0 Å². The molecule has 32 heavy (non-hydrogen) atoms. The van der Waals surface area contributed by atoms with Crippen LogP contribution in [0.4, 0.5) is 13.2 Å². The van der Waals surface area contributed by atoms with E-state index in [1.54, 1.807) is 13.2 Å². The lowest BCUT2D eigenvalue weighted by Crippen LogP contribution is -2.36. The van der Waals surface area contributed by atoms with Crippen molar-refractivity contribution in [2.75, 3.05) is 20.2 Å². The molecule has 0 aromatic heterocycles. The Morgan fingerprint density at radius 1 is 1.19 bits per heavy atom. The summed E-state index contributed by atoms with van der Waals surface area (Å²) in [7, 11) is 1.67. The predicted molar refractivity (Wildman–Crippen MR) is 116 cm³/mol. The maximum atomic E-state index is 13.2. The first-order valence-corrected chi connectivity index (χ1v) is 11.0. The number of alkyl halides is 3. The van der Waals surface area contributed by atoms with E-state index >= 15 is 0 Å². The quantitative estimate of drug-likeness (QED) is 0.683. The molecule has 2 aromatic carbocycles. The van der Waals surface area contributed by atoms with E-state index in [9.17, 15) is 18.0 Å². The van der Waals surface area contributed by atoms with Gasteiger partial charge in [0.25, 0.3) is 0 Å². The van der Waals surface area contributed by atoms with Crippen LogP contribution >= 0.6 is 0 Å². The molecule has 172 valence electrons. The van der Waals surface area contributed by atoms with E-state index in [0.29, 0.717) is 0 Å². The highest BCUT2D eigenvalue weighted by Gasteiger charge is 2.58. The van der Waals surface area contributed by atoms with Crippen LogP contribution < -0.4 is 10.1 Å². The SMILES string of the molecule is COc1ccc(CN2CCC3(CC2)CC3C(=O)NCc2ccccc2C(F)(F)F)cc1C. The molecule has 2 aromatic rings. The van der Waals surface area contributed by atoms with Crippen LogP contribution in [0.5, 0.6) is 5.75 Å². The number of rotatable bonds is 6. The molecule has 0 bridgehead atoms. The van der Waals surface area contributed by atoms with Crippen LogP contribution in [0.1, 0.15) is 41.5 Å². The molecule has 1 atom stereocenters. The molecular weight excluding hydrogens is 417 g/mol. The van der Waals surface area contributed by atoms with Crippen molar-refractivity contribution >= 4 is 5.91 Å². The number of nitrogens with one attached hydrogen (secondary N) is 1. The number of nitrogens with zero attached hydrogens (tertiary/aromatic N) is 1. The molecule has 1 aliphatic heterocycles. The number of piperidine rings is 1.